The third kappa shape index (κ3) is 4.42. The monoisotopic (exact) mass is 456 g/mol. The minimum atomic E-state index is -4.31. The zero-order valence-corrected chi connectivity index (χ0v) is 18.3. The van der Waals surface area contributed by atoms with E-state index in [0.717, 1.165) is 5.56 Å². The van der Waals surface area contributed by atoms with Crippen molar-refractivity contribution in [2.45, 2.75) is 11.8 Å². The number of aryl methyl sites for hydroxylation is 1. The number of carbonyl (C=O) groups excluding carboxylic acids is 2. The van der Waals surface area contributed by atoms with E-state index >= 15 is 0 Å². The SMILES string of the molecule is COc1cc(C=O)cc(-c2cc(C=O)cc(OC)c2OS(=O)(=O)c2ccc(C)cc2)c1O. The number of benzene rings is 3. The van der Waals surface area contributed by atoms with Crippen LogP contribution < -0.4 is 13.7 Å². The average molecular weight is 456 g/mol. The first kappa shape index (κ1) is 22.8. The van der Waals surface area contributed by atoms with Gasteiger partial charge in [-0.15, -0.1) is 0 Å². The molecule has 0 aliphatic heterocycles. The van der Waals surface area contributed by atoms with Crippen molar-refractivity contribution in [3.05, 3.63) is 65.2 Å². The lowest BCUT2D eigenvalue weighted by atomic mass is 9.98. The summed E-state index contributed by atoms with van der Waals surface area (Å²) in [6.45, 7) is 1.81. The van der Waals surface area contributed by atoms with Crippen molar-refractivity contribution in [2.24, 2.45) is 0 Å². The number of phenols is 1. The lowest BCUT2D eigenvalue weighted by Gasteiger charge is -2.18. The lowest BCUT2D eigenvalue weighted by Crippen LogP contribution is -2.11. The number of aromatic hydroxyl groups is 1. The normalized spacial score (nSPS) is 11.0. The van der Waals surface area contributed by atoms with Crippen LogP contribution in [0.3, 0.4) is 0 Å². The van der Waals surface area contributed by atoms with Crippen molar-refractivity contribution < 1.29 is 36.8 Å². The maximum absolute atomic E-state index is 13.0. The molecule has 0 aliphatic carbocycles. The summed E-state index contributed by atoms with van der Waals surface area (Å²) in [5, 5.41) is 10.7. The van der Waals surface area contributed by atoms with Crippen LogP contribution in [0.1, 0.15) is 26.3 Å². The second kappa shape index (κ2) is 9.11. The third-order valence-corrected chi connectivity index (χ3v) is 5.91. The highest BCUT2D eigenvalue weighted by Gasteiger charge is 2.26. The topological polar surface area (TPSA) is 116 Å². The van der Waals surface area contributed by atoms with Gasteiger partial charge in [-0.3, -0.25) is 9.59 Å². The maximum Gasteiger partial charge on any atom is 0.339 e. The second-order valence-corrected chi connectivity index (χ2v) is 8.35. The van der Waals surface area contributed by atoms with Crippen LogP contribution in [0.25, 0.3) is 11.1 Å². The van der Waals surface area contributed by atoms with Gasteiger partial charge in [-0.2, -0.15) is 8.42 Å². The fourth-order valence-electron chi connectivity index (χ4n) is 3.05. The molecule has 32 heavy (non-hydrogen) atoms. The van der Waals surface area contributed by atoms with Gasteiger partial charge in [0.25, 0.3) is 0 Å². The predicted octanol–water partition coefficient (Wildman–Crippen LogP) is 3.78. The Bertz CT molecular complexity index is 1280. The lowest BCUT2D eigenvalue weighted by molar-refractivity contribution is 0.111. The fraction of sp³-hybridized carbons (Fsp3) is 0.130. The molecule has 0 fully saturated rings. The smallest absolute Gasteiger partial charge is 0.339 e. The van der Waals surface area contributed by atoms with Crippen LogP contribution in [0.2, 0.25) is 0 Å². The van der Waals surface area contributed by atoms with E-state index in [9.17, 15) is 23.1 Å². The molecule has 0 radical (unpaired) electrons. The van der Waals surface area contributed by atoms with E-state index in [2.05, 4.69) is 0 Å². The summed E-state index contributed by atoms with van der Waals surface area (Å²) in [6, 6.07) is 11.3. The van der Waals surface area contributed by atoms with E-state index in [4.69, 9.17) is 13.7 Å². The summed E-state index contributed by atoms with van der Waals surface area (Å²) in [5.74, 6) is -0.720. The van der Waals surface area contributed by atoms with E-state index in [1.54, 1.807) is 12.1 Å². The first-order valence-corrected chi connectivity index (χ1v) is 10.7. The van der Waals surface area contributed by atoms with Gasteiger partial charge >= 0.3 is 10.1 Å². The van der Waals surface area contributed by atoms with Gasteiger partial charge in [0.2, 0.25) is 0 Å². The van der Waals surface area contributed by atoms with E-state index < -0.39 is 10.1 Å². The Kier molecular flexibility index (Phi) is 6.50. The van der Waals surface area contributed by atoms with E-state index in [1.165, 1.54) is 50.6 Å². The van der Waals surface area contributed by atoms with Gasteiger partial charge in [-0.05, 0) is 43.3 Å². The summed E-state index contributed by atoms with van der Waals surface area (Å²) < 4.78 is 41.7. The van der Waals surface area contributed by atoms with Gasteiger partial charge in [0, 0.05) is 22.3 Å². The van der Waals surface area contributed by atoms with Crippen LogP contribution in [-0.4, -0.2) is 40.3 Å². The van der Waals surface area contributed by atoms with Gasteiger partial charge in [0.15, 0.2) is 23.0 Å². The highest BCUT2D eigenvalue weighted by Crippen LogP contribution is 2.46. The fourth-order valence-corrected chi connectivity index (χ4v) is 4.01. The highest BCUT2D eigenvalue weighted by atomic mass is 32.2. The summed E-state index contributed by atoms with van der Waals surface area (Å²) >= 11 is 0. The first-order chi connectivity index (χ1) is 15.2. The highest BCUT2D eigenvalue weighted by molar-refractivity contribution is 7.87. The molecule has 1 N–H and O–H groups in total. The quantitative estimate of drug-likeness (QED) is 0.402. The summed E-state index contributed by atoms with van der Waals surface area (Å²) in [4.78, 5) is 22.8. The third-order valence-electron chi connectivity index (χ3n) is 4.68. The molecular formula is C23H20O8S. The zero-order chi connectivity index (χ0) is 23.5. The van der Waals surface area contributed by atoms with Crippen molar-refractivity contribution in [1.29, 1.82) is 0 Å². The van der Waals surface area contributed by atoms with E-state index in [1.807, 2.05) is 6.92 Å². The number of phenolic OH excluding ortho intramolecular Hbond substituents is 1. The molecule has 0 bridgehead atoms. The molecule has 3 aromatic carbocycles. The standard InChI is InChI=1S/C23H20O8S/c1-14-4-6-17(7-5-14)32(27,28)31-23-19(9-16(13-25)11-21(23)30-3)18-8-15(12-24)10-20(29-2)22(18)26/h4-13,26H,1-3H3. The Morgan fingerprint density at radius 2 is 1.34 bits per heavy atom. The van der Waals surface area contributed by atoms with Crippen molar-refractivity contribution >= 4 is 22.7 Å². The van der Waals surface area contributed by atoms with Crippen molar-refractivity contribution in [3.63, 3.8) is 0 Å². The van der Waals surface area contributed by atoms with Gasteiger partial charge in [0.05, 0.1) is 14.2 Å². The van der Waals surface area contributed by atoms with E-state index in [-0.39, 0.29) is 50.1 Å². The van der Waals surface area contributed by atoms with Gasteiger partial charge < -0.3 is 18.8 Å². The van der Waals surface area contributed by atoms with Gasteiger partial charge in [-0.25, -0.2) is 0 Å². The minimum absolute atomic E-state index is 0.0154. The number of ether oxygens (including phenoxy) is 2. The van der Waals surface area contributed by atoms with Crippen molar-refractivity contribution in [3.8, 4) is 34.1 Å². The molecule has 0 saturated heterocycles. The first-order valence-electron chi connectivity index (χ1n) is 9.29. The van der Waals surface area contributed by atoms with Crippen LogP contribution in [0.4, 0.5) is 0 Å². The number of carbonyl (C=O) groups is 2. The van der Waals surface area contributed by atoms with Crippen LogP contribution >= 0.6 is 0 Å². The number of methoxy groups -OCH3 is 2. The molecule has 0 heterocycles. The van der Waals surface area contributed by atoms with Crippen LogP contribution in [0, 0.1) is 6.92 Å². The second-order valence-electron chi connectivity index (χ2n) is 6.81. The average Bonchev–Trinajstić information content (AvgIpc) is 2.79. The molecule has 0 atom stereocenters. The van der Waals surface area contributed by atoms with Crippen LogP contribution in [0.5, 0.6) is 23.0 Å². The molecule has 3 aromatic rings. The molecule has 0 aliphatic rings. The van der Waals surface area contributed by atoms with Crippen LogP contribution in [-0.2, 0) is 10.1 Å². The maximum atomic E-state index is 13.0. The summed E-state index contributed by atoms with van der Waals surface area (Å²) in [5.41, 5.74) is 1.17. The Balaban J connectivity index is 2.29. The molecule has 0 aromatic heterocycles. The zero-order valence-electron chi connectivity index (χ0n) is 17.5. The Hall–Kier alpha value is -3.85. The molecule has 0 saturated carbocycles. The summed E-state index contributed by atoms with van der Waals surface area (Å²) in [6.07, 6.45) is 1.07. The van der Waals surface area contributed by atoms with Crippen LogP contribution in [0.15, 0.2) is 53.4 Å². The molecule has 0 unspecified atom stereocenters. The Morgan fingerprint density at radius 1 is 0.812 bits per heavy atom. The Morgan fingerprint density at radius 3 is 1.88 bits per heavy atom. The largest absolute Gasteiger partial charge is 0.504 e. The van der Waals surface area contributed by atoms with Gasteiger partial charge in [-0.1, -0.05) is 17.7 Å². The predicted molar refractivity (Wildman–Crippen MR) is 116 cm³/mol. The molecule has 166 valence electrons. The molecular weight excluding hydrogens is 436 g/mol. The number of aldehydes is 2. The Labute approximate surface area is 185 Å². The summed E-state index contributed by atoms with van der Waals surface area (Å²) in [7, 11) is -1.73. The number of hydrogen-bond acceptors (Lipinski definition) is 8. The molecule has 0 amide bonds. The number of hydrogen-bond donors (Lipinski definition) is 1. The molecule has 9 heteroatoms. The number of rotatable bonds is 8. The minimum Gasteiger partial charge on any atom is -0.504 e. The van der Waals surface area contributed by atoms with Gasteiger partial charge in [0.1, 0.15) is 17.5 Å². The molecule has 0 spiro atoms. The molecule has 3 rings (SSSR count). The van der Waals surface area contributed by atoms with Crippen molar-refractivity contribution in [2.75, 3.05) is 14.2 Å². The van der Waals surface area contributed by atoms with Crippen molar-refractivity contribution in [1.82, 2.24) is 0 Å². The van der Waals surface area contributed by atoms with E-state index in [0.29, 0.717) is 12.6 Å². The molecule has 8 nitrogen and oxygen atoms in total.